The highest BCUT2D eigenvalue weighted by atomic mass is 79.9. The van der Waals surface area contributed by atoms with Gasteiger partial charge in [0.1, 0.15) is 0 Å². The van der Waals surface area contributed by atoms with Gasteiger partial charge < -0.3 is 0 Å². The summed E-state index contributed by atoms with van der Waals surface area (Å²) in [5, 5.41) is 0.892. The lowest BCUT2D eigenvalue weighted by Gasteiger charge is -2.29. The van der Waals surface area contributed by atoms with Crippen LogP contribution < -0.4 is 0 Å². The zero-order chi connectivity index (χ0) is 12.0. The molecule has 0 spiro atoms. The van der Waals surface area contributed by atoms with Gasteiger partial charge in [0.25, 0.3) is 0 Å². The maximum Gasteiger partial charge on any atom is 0.162 e. The van der Waals surface area contributed by atoms with Crippen molar-refractivity contribution in [3.05, 3.63) is 35.4 Å². The first-order valence-corrected chi connectivity index (χ1v) is 7.24. The monoisotopic (exact) mass is 300 g/mol. The van der Waals surface area contributed by atoms with E-state index in [2.05, 4.69) is 15.9 Å². The highest BCUT2D eigenvalue weighted by molar-refractivity contribution is 9.09. The molecular formula is C14H15BrF2. The van der Waals surface area contributed by atoms with Crippen LogP contribution in [0, 0.1) is 28.9 Å². The Balaban J connectivity index is 1.83. The van der Waals surface area contributed by atoms with E-state index in [0.717, 1.165) is 17.2 Å². The summed E-state index contributed by atoms with van der Waals surface area (Å²) in [7, 11) is 0. The van der Waals surface area contributed by atoms with Gasteiger partial charge in [-0.2, -0.15) is 0 Å². The second-order valence-corrected chi connectivity index (χ2v) is 6.25. The molecule has 2 saturated carbocycles. The van der Waals surface area contributed by atoms with Crippen molar-refractivity contribution in [1.82, 2.24) is 0 Å². The molecule has 2 unspecified atom stereocenters. The van der Waals surface area contributed by atoms with Crippen LogP contribution in [0.25, 0.3) is 0 Å². The van der Waals surface area contributed by atoms with Gasteiger partial charge in [-0.3, -0.25) is 0 Å². The number of alkyl halides is 1. The van der Waals surface area contributed by atoms with E-state index in [0.29, 0.717) is 12.0 Å². The van der Waals surface area contributed by atoms with Crippen molar-refractivity contribution in [3.63, 3.8) is 0 Å². The fraction of sp³-hybridized carbons (Fsp3) is 0.571. The normalized spacial score (nSPS) is 34.8. The molecule has 3 heteroatoms. The summed E-state index contributed by atoms with van der Waals surface area (Å²) in [4.78, 5) is 0. The Labute approximate surface area is 109 Å². The van der Waals surface area contributed by atoms with Gasteiger partial charge in [-0.25, -0.2) is 8.78 Å². The largest absolute Gasteiger partial charge is 0.204 e. The predicted octanol–water partition coefficient (Wildman–Crippen LogP) is 4.32. The van der Waals surface area contributed by atoms with Gasteiger partial charge in [0, 0.05) is 5.33 Å². The molecule has 2 atom stereocenters. The van der Waals surface area contributed by atoms with Crippen molar-refractivity contribution in [3.8, 4) is 0 Å². The summed E-state index contributed by atoms with van der Waals surface area (Å²) in [5.41, 5.74) is 0.688. The van der Waals surface area contributed by atoms with Crippen LogP contribution in [0.5, 0.6) is 0 Å². The van der Waals surface area contributed by atoms with Crippen molar-refractivity contribution in [2.45, 2.75) is 25.7 Å². The van der Waals surface area contributed by atoms with E-state index >= 15 is 0 Å². The Bertz CT molecular complexity index is 434. The highest BCUT2D eigenvalue weighted by Gasteiger charge is 2.53. The van der Waals surface area contributed by atoms with Gasteiger partial charge in [-0.1, -0.05) is 28.1 Å². The average Bonchev–Trinajstić information content (AvgIpc) is 2.94. The van der Waals surface area contributed by atoms with E-state index in [1.54, 1.807) is 12.1 Å². The van der Waals surface area contributed by atoms with Crippen molar-refractivity contribution >= 4 is 15.9 Å². The number of fused-ring (bicyclic) bond motifs is 1. The van der Waals surface area contributed by atoms with E-state index in [1.165, 1.54) is 25.3 Å². The van der Waals surface area contributed by atoms with Crippen LogP contribution in [0.3, 0.4) is 0 Å². The smallest absolute Gasteiger partial charge is 0.162 e. The van der Waals surface area contributed by atoms with Gasteiger partial charge in [0.2, 0.25) is 0 Å². The summed E-state index contributed by atoms with van der Waals surface area (Å²) in [6, 6.07) is 4.50. The summed E-state index contributed by atoms with van der Waals surface area (Å²) >= 11 is 3.57. The third-order valence-electron chi connectivity index (χ3n) is 4.34. The molecule has 2 aliphatic rings. The van der Waals surface area contributed by atoms with Gasteiger partial charge in [-0.15, -0.1) is 0 Å². The molecular weight excluding hydrogens is 286 g/mol. The number of hydrogen-bond donors (Lipinski definition) is 0. The minimum atomic E-state index is -0.727. The Hall–Kier alpha value is -0.440. The summed E-state index contributed by atoms with van der Waals surface area (Å²) in [6.45, 7) is 0. The molecule has 1 aromatic carbocycles. The third-order valence-corrected chi connectivity index (χ3v) is 5.53. The molecule has 0 aromatic heterocycles. The van der Waals surface area contributed by atoms with Crippen molar-refractivity contribution in [1.29, 1.82) is 0 Å². The van der Waals surface area contributed by atoms with Gasteiger partial charge in [0.15, 0.2) is 11.6 Å². The minimum absolute atomic E-state index is 0.155. The maximum atomic E-state index is 13.7. The van der Waals surface area contributed by atoms with Crippen LogP contribution in [0.4, 0.5) is 8.78 Å². The highest BCUT2D eigenvalue weighted by Crippen LogP contribution is 2.61. The molecule has 0 radical (unpaired) electrons. The number of halogens is 3. The Morgan fingerprint density at radius 1 is 1.24 bits per heavy atom. The molecule has 92 valence electrons. The fourth-order valence-corrected chi connectivity index (χ4v) is 4.05. The van der Waals surface area contributed by atoms with Gasteiger partial charge >= 0.3 is 0 Å². The Morgan fingerprint density at radius 3 is 2.59 bits per heavy atom. The standard InChI is InChI=1S/C14H15BrF2/c15-8-14(6-10-4-11(10)7-14)5-9-2-1-3-12(16)13(9)17/h1-3,10-11H,4-8H2. The first-order valence-electron chi connectivity index (χ1n) is 6.12. The summed E-state index contributed by atoms with van der Waals surface area (Å²) < 4.78 is 26.9. The zero-order valence-corrected chi connectivity index (χ0v) is 11.1. The molecule has 1 aromatic rings. The molecule has 0 heterocycles. The first-order chi connectivity index (χ1) is 8.13. The summed E-state index contributed by atoms with van der Waals surface area (Å²) in [6.07, 6.45) is 4.34. The molecule has 0 bridgehead atoms. The second kappa shape index (κ2) is 4.04. The molecule has 17 heavy (non-hydrogen) atoms. The lowest BCUT2D eigenvalue weighted by molar-refractivity contribution is 0.302. The zero-order valence-electron chi connectivity index (χ0n) is 9.56. The summed E-state index contributed by atoms with van der Waals surface area (Å²) in [5.74, 6) is 0.317. The van der Waals surface area contributed by atoms with Gasteiger partial charge in [-0.05, 0) is 54.6 Å². The van der Waals surface area contributed by atoms with E-state index in [-0.39, 0.29) is 5.41 Å². The van der Waals surface area contributed by atoms with Crippen LogP contribution in [0.1, 0.15) is 24.8 Å². The Kier molecular flexibility index (Phi) is 2.77. The molecule has 0 N–H and O–H groups in total. The van der Waals surface area contributed by atoms with E-state index < -0.39 is 11.6 Å². The van der Waals surface area contributed by atoms with Crippen LogP contribution in [0.2, 0.25) is 0 Å². The molecule has 2 fully saturated rings. The molecule has 0 amide bonds. The van der Waals surface area contributed by atoms with Crippen molar-refractivity contribution in [2.24, 2.45) is 17.3 Å². The quantitative estimate of drug-likeness (QED) is 0.729. The molecule has 2 aliphatic carbocycles. The molecule has 3 rings (SSSR count). The van der Waals surface area contributed by atoms with E-state index in [1.807, 2.05) is 0 Å². The van der Waals surface area contributed by atoms with Crippen molar-refractivity contribution in [2.75, 3.05) is 5.33 Å². The number of benzene rings is 1. The molecule has 0 nitrogen and oxygen atoms in total. The van der Waals surface area contributed by atoms with Gasteiger partial charge in [0.05, 0.1) is 0 Å². The van der Waals surface area contributed by atoms with Crippen molar-refractivity contribution < 1.29 is 8.78 Å². The van der Waals surface area contributed by atoms with Crippen LogP contribution in [-0.4, -0.2) is 5.33 Å². The first kappa shape index (κ1) is 11.6. The second-order valence-electron chi connectivity index (χ2n) is 5.69. The number of hydrogen-bond acceptors (Lipinski definition) is 0. The number of rotatable bonds is 3. The lowest BCUT2D eigenvalue weighted by Crippen LogP contribution is -2.24. The van der Waals surface area contributed by atoms with Crippen LogP contribution >= 0.6 is 15.9 Å². The maximum absolute atomic E-state index is 13.7. The van der Waals surface area contributed by atoms with Crippen LogP contribution in [-0.2, 0) is 6.42 Å². The van der Waals surface area contributed by atoms with Crippen LogP contribution in [0.15, 0.2) is 18.2 Å². The topological polar surface area (TPSA) is 0 Å². The van der Waals surface area contributed by atoms with E-state index in [4.69, 9.17) is 0 Å². The Morgan fingerprint density at radius 2 is 1.94 bits per heavy atom. The molecule has 0 saturated heterocycles. The fourth-order valence-electron chi connectivity index (χ4n) is 3.40. The predicted molar refractivity (Wildman–Crippen MR) is 67.1 cm³/mol. The van der Waals surface area contributed by atoms with E-state index in [9.17, 15) is 8.78 Å². The molecule has 0 aliphatic heterocycles. The average molecular weight is 301 g/mol. The minimum Gasteiger partial charge on any atom is -0.204 e. The lowest BCUT2D eigenvalue weighted by atomic mass is 9.79. The SMILES string of the molecule is Fc1cccc(CC2(CBr)CC3CC3C2)c1F. The third kappa shape index (κ3) is 2.03.